The summed E-state index contributed by atoms with van der Waals surface area (Å²) in [6.45, 7) is 0. The Bertz CT molecular complexity index is 633. The monoisotopic (exact) mass is 347 g/mol. The van der Waals surface area contributed by atoms with Crippen LogP contribution in [0.3, 0.4) is 0 Å². The Morgan fingerprint density at radius 2 is 1.95 bits per heavy atom. The van der Waals surface area contributed by atoms with E-state index < -0.39 is 0 Å². The predicted octanol–water partition coefficient (Wildman–Crippen LogP) is 4.58. The second-order valence-corrected chi connectivity index (χ2v) is 6.62. The highest BCUT2D eigenvalue weighted by molar-refractivity contribution is 9.10. The van der Waals surface area contributed by atoms with Gasteiger partial charge in [-0.15, -0.1) is 0 Å². The lowest BCUT2D eigenvalue weighted by atomic mass is 9.96. The van der Waals surface area contributed by atoms with Crippen LogP contribution in [-0.2, 0) is 19.3 Å². The maximum absolute atomic E-state index is 13.6. The molecule has 0 aliphatic heterocycles. The first-order chi connectivity index (χ1) is 10.2. The standard InChI is InChI=1S/C18H19BrFN/c1-21-18(15-9-16(19)11-17(20)10-15)8-12-5-6-13-3-2-4-14(13)7-12/h5-7,9-11,18,21H,2-4,8H2,1H3. The van der Waals surface area contributed by atoms with E-state index in [0.717, 1.165) is 16.5 Å². The molecule has 0 bridgehead atoms. The summed E-state index contributed by atoms with van der Waals surface area (Å²) in [5, 5.41) is 3.30. The van der Waals surface area contributed by atoms with Gasteiger partial charge in [-0.3, -0.25) is 0 Å². The Labute approximate surface area is 133 Å². The predicted molar refractivity (Wildman–Crippen MR) is 88.1 cm³/mol. The molecule has 3 heteroatoms. The van der Waals surface area contributed by atoms with E-state index in [2.05, 4.69) is 39.4 Å². The van der Waals surface area contributed by atoms with Gasteiger partial charge in [0, 0.05) is 10.5 Å². The van der Waals surface area contributed by atoms with E-state index in [9.17, 15) is 4.39 Å². The van der Waals surface area contributed by atoms with Crippen molar-refractivity contribution >= 4 is 15.9 Å². The third-order valence-electron chi connectivity index (χ3n) is 4.24. The van der Waals surface area contributed by atoms with Crippen LogP contribution >= 0.6 is 15.9 Å². The lowest BCUT2D eigenvalue weighted by Crippen LogP contribution is -2.19. The molecule has 2 aromatic carbocycles. The number of nitrogens with one attached hydrogen (secondary N) is 1. The van der Waals surface area contributed by atoms with Crippen molar-refractivity contribution in [3.05, 3.63) is 68.9 Å². The molecule has 0 fully saturated rings. The van der Waals surface area contributed by atoms with Crippen LogP contribution in [0, 0.1) is 5.82 Å². The molecule has 1 N–H and O–H groups in total. The van der Waals surface area contributed by atoms with Crippen LogP contribution in [0.2, 0.25) is 0 Å². The van der Waals surface area contributed by atoms with E-state index in [1.54, 1.807) is 6.07 Å². The molecular weight excluding hydrogens is 329 g/mol. The lowest BCUT2D eigenvalue weighted by molar-refractivity contribution is 0.576. The number of hydrogen-bond donors (Lipinski definition) is 1. The summed E-state index contributed by atoms with van der Waals surface area (Å²) in [5.41, 5.74) is 5.27. The number of fused-ring (bicyclic) bond motifs is 1. The summed E-state index contributed by atoms with van der Waals surface area (Å²) in [6, 6.07) is 12.0. The van der Waals surface area contributed by atoms with E-state index in [4.69, 9.17) is 0 Å². The first kappa shape index (κ1) is 14.7. The molecular formula is C18H19BrFN. The second-order valence-electron chi connectivity index (χ2n) is 5.70. The van der Waals surface area contributed by atoms with E-state index in [1.807, 2.05) is 13.1 Å². The molecule has 0 saturated carbocycles. The lowest BCUT2D eigenvalue weighted by Gasteiger charge is -2.18. The van der Waals surface area contributed by atoms with Gasteiger partial charge in [0.05, 0.1) is 0 Å². The van der Waals surface area contributed by atoms with E-state index >= 15 is 0 Å². The summed E-state index contributed by atoms with van der Waals surface area (Å²) in [6.07, 6.45) is 4.55. The maximum atomic E-state index is 13.6. The first-order valence-corrected chi connectivity index (χ1v) is 8.19. The van der Waals surface area contributed by atoms with Crippen molar-refractivity contribution < 1.29 is 4.39 Å². The van der Waals surface area contributed by atoms with Crippen LogP contribution in [0.1, 0.15) is 34.7 Å². The van der Waals surface area contributed by atoms with Gasteiger partial charge in [0.1, 0.15) is 5.82 Å². The van der Waals surface area contributed by atoms with Crippen LogP contribution in [-0.4, -0.2) is 7.05 Å². The molecule has 0 heterocycles. The summed E-state index contributed by atoms with van der Waals surface area (Å²) >= 11 is 3.37. The molecule has 1 aliphatic carbocycles. The van der Waals surface area contributed by atoms with Crippen LogP contribution < -0.4 is 5.32 Å². The largest absolute Gasteiger partial charge is 0.313 e. The van der Waals surface area contributed by atoms with E-state index in [0.29, 0.717) is 0 Å². The number of benzene rings is 2. The summed E-state index contributed by atoms with van der Waals surface area (Å²) < 4.78 is 14.4. The highest BCUT2D eigenvalue weighted by atomic mass is 79.9. The molecule has 21 heavy (non-hydrogen) atoms. The third-order valence-corrected chi connectivity index (χ3v) is 4.70. The second kappa shape index (κ2) is 6.29. The van der Waals surface area contributed by atoms with Crippen LogP contribution in [0.5, 0.6) is 0 Å². The molecule has 1 unspecified atom stereocenters. The molecule has 0 spiro atoms. The quantitative estimate of drug-likeness (QED) is 0.853. The highest BCUT2D eigenvalue weighted by Gasteiger charge is 2.15. The Hall–Kier alpha value is -1.19. The van der Waals surface area contributed by atoms with Crippen molar-refractivity contribution in [3.8, 4) is 0 Å². The molecule has 1 atom stereocenters. The van der Waals surface area contributed by atoms with Crippen molar-refractivity contribution in [1.29, 1.82) is 0 Å². The summed E-state index contributed by atoms with van der Waals surface area (Å²) in [5.74, 6) is -0.200. The summed E-state index contributed by atoms with van der Waals surface area (Å²) in [7, 11) is 1.93. The van der Waals surface area contributed by atoms with Crippen LogP contribution in [0.25, 0.3) is 0 Å². The van der Waals surface area contributed by atoms with Gasteiger partial charge in [0.2, 0.25) is 0 Å². The van der Waals surface area contributed by atoms with Crippen molar-refractivity contribution in [2.45, 2.75) is 31.7 Å². The molecule has 0 aromatic heterocycles. The highest BCUT2D eigenvalue weighted by Crippen LogP contribution is 2.27. The Kier molecular flexibility index (Phi) is 4.41. The van der Waals surface area contributed by atoms with Crippen molar-refractivity contribution in [1.82, 2.24) is 5.32 Å². The van der Waals surface area contributed by atoms with Crippen molar-refractivity contribution in [2.24, 2.45) is 0 Å². The average Bonchev–Trinajstić information content (AvgIpc) is 2.91. The Balaban J connectivity index is 1.84. The minimum Gasteiger partial charge on any atom is -0.313 e. The van der Waals surface area contributed by atoms with Crippen molar-refractivity contribution in [2.75, 3.05) is 7.05 Å². The zero-order valence-electron chi connectivity index (χ0n) is 12.1. The van der Waals surface area contributed by atoms with Gasteiger partial charge in [-0.1, -0.05) is 34.1 Å². The molecule has 0 radical (unpaired) electrons. The number of hydrogen-bond acceptors (Lipinski definition) is 1. The number of halogens is 2. The average molecular weight is 348 g/mol. The van der Waals surface area contributed by atoms with Gasteiger partial charge in [-0.2, -0.15) is 0 Å². The fourth-order valence-corrected chi connectivity index (χ4v) is 3.63. The summed E-state index contributed by atoms with van der Waals surface area (Å²) in [4.78, 5) is 0. The number of likely N-dealkylation sites (N-methyl/N-ethyl adjacent to an activating group) is 1. The van der Waals surface area contributed by atoms with Gasteiger partial charge in [0.15, 0.2) is 0 Å². The number of aryl methyl sites for hydroxylation is 2. The minimum atomic E-state index is -0.200. The third kappa shape index (κ3) is 3.35. The molecule has 0 saturated heterocycles. The fourth-order valence-electron chi connectivity index (χ4n) is 3.15. The molecule has 110 valence electrons. The minimum absolute atomic E-state index is 0.122. The molecule has 3 rings (SSSR count). The van der Waals surface area contributed by atoms with Gasteiger partial charge in [-0.05, 0) is 73.2 Å². The van der Waals surface area contributed by atoms with Gasteiger partial charge >= 0.3 is 0 Å². The molecule has 1 aliphatic rings. The van der Waals surface area contributed by atoms with Crippen molar-refractivity contribution in [3.63, 3.8) is 0 Å². The zero-order valence-corrected chi connectivity index (χ0v) is 13.7. The normalized spacial score (nSPS) is 15.0. The SMILES string of the molecule is CNC(Cc1ccc2c(c1)CCC2)c1cc(F)cc(Br)c1. The fraction of sp³-hybridized carbons (Fsp3) is 0.333. The molecule has 2 aromatic rings. The first-order valence-electron chi connectivity index (χ1n) is 7.39. The Morgan fingerprint density at radius 1 is 1.14 bits per heavy atom. The van der Waals surface area contributed by atoms with E-state index in [-0.39, 0.29) is 11.9 Å². The van der Waals surface area contributed by atoms with E-state index in [1.165, 1.54) is 42.0 Å². The smallest absolute Gasteiger partial charge is 0.124 e. The number of rotatable bonds is 4. The van der Waals surface area contributed by atoms with Gasteiger partial charge in [-0.25, -0.2) is 4.39 Å². The zero-order chi connectivity index (χ0) is 14.8. The topological polar surface area (TPSA) is 12.0 Å². The molecule has 1 nitrogen and oxygen atoms in total. The van der Waals surface area contributed by atoms with Crippen LogP contribution in [0.15, 0.2) is 40.9 Å². The van der Waals surface area contributed by atoms with Gasteiger partial charge in [0.25, 0.3) is 0 Å². The Morgan fingerprint density at radius 3 is 2.71 bits per heavy atom. The molecule has 0 amide bonds. The van der Waals surface area contributed by atoms with Gasteiger partial charge < -0.3 is 5.32 Å². The maximum Gasteiger partial charge on any atom is 0.124 e. The van der Waals surface area contributed by atoms with Crippen LogP contribution in [0.4, 0.5) is 4.39 Å².